The average Bonchev–Trinajstić information content (AvgIpc) is 1.89. The molecule has 2 heteroatoms. The zero-order valence-electron chi connectivity index (χ0n) is 7.32. The van der Waals surface area contributed by atoms with Crippen LogP contribution in [0.25, 0.3) is 0 Å². The zero-order valence-corrected chi connectivity index (χ0v) is 8.14. The normalized spacial score (nSPS) is 12.8. The van der Waals surface area contributed by atoms with Crippen molar-refractivity contribution >= 4 is 11.8 Å². The van der Waals surface area contributed by atoms with Crippen LogP contribution in [0.4, 0.5) is 0 Å². The molecule has 60 valence electrons. The van der Waals surface area contributed by atoms with Crippen LogP contribution >= 0.6 is 11.8 Å². The van der Waals surface area contributed by atoms with Crippen LogP contribution in [0.15, 0.2) is 10.6 Å². The van der Waals surface area contributed by atoms with E-state index in [4.69, 9.17) is 0 Å². The van der Waals surface area contributed by atoms with Gasteiger partial charge in [-0.2, -0.15) is 0 Å². The molecule has 0 rings (SSSR count). The monoisotopic (exact) mass is 159 g/mol. The van der Waals surface area contributed by atoms with Crippen molar-refractivity contribution in [3.05, 3.63) is 10.6 Å². The van der Waals surface area contributed by atoms with E-state index >= 15 is 0 Å². The van der Waals surface area contributed by atoms with Gasteiger partial charge in [0.25, 0.3) is 0 Å². The molecule has 0 aliphatic carbocycles. The van der Waals surface area contributed by atoms with Gasteiger partial charge in [-0.3, -0.25) is 0 Å². The molecule has 1 N–H and O–H groups in total. The van der Waals surface area contributed by atoms with E-state index in [2.05, 4.69) is 33.0 Å². The Balaban J connectivity index is 3.79. The fourth-order valence-electron chi connectivity index (χ4n) is 0.714. The maximum atomic E-state index is 3.29. The minimum absolute atomic E-state index is 1.02. The molecule has 1 nitrogen and oxygen atoms in total. The lowest BCUT2D eigenvalue weighted by molar-refractivity contribution is 0.849. The first-order valence-corrected chi connectivity index (χ1v) is 4.75. The highest BCUT2D eigenvalue weighted by atomic mass is 32.2. The fourth-order valence-corrected chi connectivity index (χ4v) is 1.44. The summed E-state index contributed by atoms with van der Waals surface area (Å²) in [6, 6.07) is 0. The van der Waals surface area contributed by atoms with Crippen LogP contribution in [0.2, 0.25) is 0 Å². The van der Waals surface area contributed by atoms with E-state index in [1.807, 2.05) is 11.8 Å². The molecule has 10 heavy (non-hydrogen) atoms. The first-order valence-electron chi connectivity index (χ1n) is 3.76. The minimum atomic E-state index is 1.02. The fraction of sp³-hybridized carbons (Fsp3) is 0.750. The largest absolute Gasteiger partial charge is 0.388 e. The second-order valence-electron chi connectivity index (χ2n) is 2.14. The maximum Gasteiger partial charge on any atom is 0.0169 e. The van der Waals surface area contributed by atoms with Crippen LogP contribution in [-0.4, -0.2) is 12.3 Å². The van der Waals surface area contributed by atoms with Crippen LogP contribution < -0.4 is 5.32 Å². The molecule has 0 saturated heterocycles. The number of allylic oxidation sites excluding steroid dienone is 2. The van der Waals surface area contributed by atoms with Crippen LogP contribution in [-0.2, 0) is 0 Å². The zero-order chi connectivity index (χ0) is 7.98. The smallest absolute Gasteiger partial charge is 0.0169 e. The van der Waals surface area contributed by atoms with E-state index in [1.54, 1.807) is 0 Å². The number of thioether (sulfide) groups is 1. The molecule has 0 aliphatic heterocycles. The molecule has 0 aromatic rings. The van der Waals surface area contributed by atoms with Crippen molar-refractivity contribution in [2.24, 2.45) is 0 Å². The quantitative estimate of drug-likeness (QED) is 0.676. The molecule has 0 heterocycles. The highest BCUT2D eigenvalue weighted by Gasteiger charge is 1.92. The summed E-state index contributed by atoms with van der Waals surface area (Å²) in [4.78, 5) is 1.41. The Morgan fingerprint density at radius 3 is 2.30 bits per heavy atom. The van der Waals surface area contributed by atoms with Gasteiger partial charge in [-0.25, -0.2) is 0 Å². The Bertz CT molecular complexity index is 104. The topological polar surface area (TPSA) is 12.0 Å². The van der Waals surface area contributed by atoms with Crippen LogP contribution in [0.5, 0.6) is 0 Å². The van der Waals surface area contributed by atoms with Crippen molar-refractivity contribution in [2.45, 2.75) is 27.7 Å². The number of hydrogen-bond acceptors (Lipinski definition) is 2. The van der Waals surface area contributed by atoms with Gasteiger partial charge in [-0.1, -0.05) is 6.92 Å². The number of rotatable bonds is 4. The molecular weight excluding hydrogens is 142 g/mol. The van der Waals surface area contributed by atoms with E-state index in [1.165, 1.54) is 10.6 Å². The van der Waals surface area contributed by atoms with Crippen molar-refractivity contribution in [3.63, 3.8) is 0 Å². The average molecular weight is 159 g/mol. The third-order valence-corrected chi connectivity index (χ3v) is 2.36. The Morgan fingerprint density at radius 2 is 1.90 bits per heavy atom. The first kappa shape index (κ1) is 9.89. The highest BCUT2D eigenvalue weighted by Crippen LogP contribution is 2.16. The molecule has 0 radical (unpaired) electrons. The maximum absolute atomic E-state index is 3.29. The first-order chi connectivity index (χ1) is 4.72. The molecule has 0 aromatic carbocycles. The van der Waals surface area contributed by atoms with Gasteiger partial charge in [0.15, 0.2) is 0 Å². The number of nitrogens with one attached hydrogen (secondary N) is 1. The third-order valence-electron chi connectivity index (χ3n) is 1.33. The van der Waals surface area contributed by atoms with E-state index in [0.29, 0.717) is 0 Å². The van der Waals surface area contributed by atoms with Gasteiger partial charge in [0.05, 0.1) is 0 Å². The molecule has 0 aliphatic rings. The molecule has 0 saturated carbocycles. The molecule has 0 unspecified atom stereocenters. The number of hydrogen-bond donors (Lipinski definition) is 1. The van der Waals surface area contributed by atoms with Crippen LogP contribution in [0.1, 0.15) is 27.7 Å². The van der Waals surface area contributed by atoms with Crippen molar-refractivity contribution in [1.29, 1.82) is 0 Å². The molecular formula is C8H17NS. The summed E-state index contributed by atoms with van der Waals surface area (Å²) in [5, 5.41) is 3.29. The standard InChI is InChI=1S/C8H17NS/c1-5-9-7(3)8(4)10-6-2/h9H,5-6H2,1-4H3/b8-7-. The summed E-state index contributed by atoms with van der Waals surface area (Å²) >= 11 is 1.90. The summed E-state index contributed by atoms with van der Waals surface area (Å²) in [7, 11) is 0. The third kappa shape index (κ3) is 3.83. The lowest BCUT2D eigenvalue weighted by Gasteiger charge is -2.06. The predicted octanol–water partition coefficient (Wildman–Crippen LogP) is 2.60. The van der Waals surface area contributed by atoms with E-state index in [0.717, 1.165) is 12.3 Å². The predicted molar refractivity (Wildman–Crippen MR) is 50.2 cm³/mol. The molecule has 0 spiro atoms. The summed E-state index contributed by atoms with van der Waals surface area (Å²) in [5.41, 5.74) is 1.31. The molecule has 0 fully saturated rings. The van der Waals surface area contributed by atoms with Gasteiger partial charge in [0, 0.05) is 17.1 Å². The summed E-state index contributed by atoms with van der Waals surface area (Å²) in [5.74, 6) is 1.16. The highest BCUT2D eigenvalue weighted by molar-refractivity contribution is 8.03. The summed E-state index contributed by atoms with van der Waals surface area (Å²) < 4.78 is 0. The Morgan fingerprint density at radius 1 is 1.30 bits per heavy atom. The van der Waals surface area contributed by atoms with Gasteiger partial charge in [-0.15, -0.1) is 11.8 Å². The van der Waals surface area contributed by atoms with E-state index in [-0.39, 0.29) is 0 Å². The van der Waals surface area contributed by atoms with Gasteiger partial charge in [0.1, 0.15) is 0 Å². The van der Waals surface area contributed by atoms with Crippen molar-refractivity contribution < 1.29 is 0 Å². The van der Waals surface area contributed by atoms with Crippen molar-refractivity contribution in [1.82, 2.24) is 5.32 Å². The molecule has 0 aromatic heterocycles. The Hall–Kier alpha value is -0.110. The summed E-state index contributed by atoms with van der Waals surface area (Å²) in [6.07, 6.45) is 0. The van der Waals surface area contributed by atoms with E-state index in [9.17, 15) is 0 Å². The van der Waals surface area contributed by atoms with Crippen molar-refractivity contribution in [2.75, 3.05) is 12.3 Å². The van der Waals surface area contributed by atoms with Gasteiger partial charge in [-0.05, 0) is 26.5 Å². The van der Waals surface area contributed by atoms with Crippen molar-refractivity contribution in [3.8, 4) is 0 Å². The minimum Gasteiger partial charge on any atom is -0.388 e. The molecule has 0 amide bonds. The second-order valence-corrected chi connectivity index (χ2v) is 3.62. The van der Waals surface area contributed by atoms with Crippen LogP contribution in [0.3, 0.4) is 0 Å². The SMILES string of the molecule is CCN/C(C)=C(/C)SCC. The molecule has 0 atom stereocenters. The lowest BCUT2D eigenvalue weighted by atomic mass is 10.4. The molecule has 0 bridgehead atoms. The van der Waals surface area contributed by atoms with Gasteiger partial charge < -0.3 is 5.32 Å². The van der Waals surface area contributed by atoms with Gasteiger partial charge >= 0.3 is 0 Å². The Labute approximate surface area is 68.3 Å². The van der Waals surface area contributed by atoms with Gasteiger partial charge in [0.2, 0.25) is 0 Å². The summed E-state index contributed by atoms with van der Waals surface area (Å²) in [6.45, 7) is 9.60. The van der Waals surface area contributed by atoms with Crippen LogP contribution in [0, 0.1) is 0 Å². The Kier molecular flexibility index (Phi) is 5.60. The lowest BCUT2D eigenvalue weighted by Crippen LogP contribution is -2.10. The van der Waals surface area contributed by atoms with E-state index < -0.39 is 0 Å². The second kappa shape index (κ2) is 5.66.